The lowest BCUT2D eigenvalue weighted by Gasteiger charge is -2.03. The van der Waals surface area contributed by atoms with Crippen LogP contribution in [-0.4, -0.2) is 24.2 Å². The maximum atomic E-state index is 11.5. The summed E-state index contributed by atoms with van der Waals surface area (Å²) in [5, 5.41) is 8.76. The smallest absolute Gasteiger partial charge is 0.334 e. The molecule has 0 aliphatic heterocycles. The predicted octanol–water partition coefficient (Wildman–Crippen LogP) is 2.66. The van der Waals surface area contributed by atoms with Gasteiger partial charge in [0.25, 0.3) is 0 Å². The number of esters is 1. The Bertz CT molecular complexity index is 512. The van der Waals surface area contributed by atoms with Crippen LogP contribution >= 0.6 is 0 Å². The quantitative estimate of drug-likeness (QED) is 0.502. The van der Waals surface area contributed by atoms with Gasteiger partial charge in [0.2, 0.25) is 0 Å². The molecule has 0 radical (unpaired) electrons. The zero-order chi connectivity index (χ0) is 14.3. The first kappa shape index (κ1) is 14.7. The Morgan fingerprint density at radius 3 is 2.42 bits per heavy atom. The molecule has 0 heterocycles. The van der Waals surface area contributed by atoms with Gasteiger partial charge >= 0.3 is 11.9 Å². The van der Waals surface area contributed by atoms with Crippen molar-refractivity contribution in [3.63, 3.8) is 0 Å². The molecule has 0 saturated carbocycles. The molecule has 0 aliphatic rings. The van der Waals surface area contributed by atoms with Gasteiger partial charge in [-0.15, -0.1) is 0 Å². The zero-order valence-corrected chi connectivity index (χ0v) is 10.9. The van der Waals surface area contributed by atoms with Crippen molar-refractivity contribution < 1.29 is 19.4 Å². The Balaban J connectivity index is 2.97. The van der Waals surface area contributed by atoms with E-state index in [1.165, 1.54) is 13.2 Å². The van der Waals surface area contributed by atoms with Crippen molar-refractivity contribution in [2.45, 2.75) is 13.3 Å². The van der Waals surface area contributed by atoms with Crippen molar-refractivity contribution in [2.75, 3.05) is 7.11 Å². The van der Waals surface area contributed by atoms with E-state index >= 15 is 0 Å². The third-order valence-corrected chi connectivity index (χ3v) is 2.39. The number of carbonyl (C=O) groups is 2. The van der Waals surface area contributed by atoms with Crippen LogP contribution in [0.5, 0.6) is 0 Å². The number of hydrogen-bond donors (Lipinski definition) is 1. The molecule has 1 aromatic carbocycles. The van der Waals surface area contributed by atoms with Gasteiger partial charge in [0.05, 0.1) is 13.5 Å². The Hall–Kier alpha value is -2.36. The highest BCUT2D eigenvalue weighted by atomic mass is 16.5. The van der Waals surface area contributed by atoms with Crippen LogP contribution in [0, 0.1) is 0 Å². The monoisotopic (exact) mass is 260 g/mol. The van der Waals surface area contributed by atoms with Gasteiger partial charge < -0.3 is 9.84 Å². The van der Waals surface area contributed by atoms with Crippen LogP contribution in [0.25, 0.3) is 6.08 Å². The summed E-state index contributed by atoms with van der Waals surface area (Å²) in [6, 6.07) is 9.56. The molecule has 1 aromatic rings. The standard InChI is InChI=1S/C15H16O4/c1-11(8-12-6-4-3-5-7-12)9-13(10-14(16)17)15(18)19-2/h3-9H,10H2,1-2H3,(H,16,17)/b11-8+,13-9+. The Morgan fingerprint density at radius 1 is 1.26 bits per heavy atom. The Kier molecular flexibility index (Phi) is 5.54. The number of methoxy groups -OCH3 is 1. The molecule has 0 fully saturated rings. The fourth-order valence-electron chi connectivity index (χ4n) is 1.60. The lowest BCUT2D eigenvalue weighted by molar-refractivity contribution is -0.141. The van der Waals surface area contributed by atoms with E-state index in [4.69, 9.17) is 5.11 Å². The highest BCUT2D eigenvalue weighted by Gasteiger charge is 2.13. The summed E-state index contributed by atoms with van der Waals surface area (Å²) in [7, 11) is 1.23. The molecule has 0 aliphatic carbocycles. The molecular formula is C15H16O4. The molecule has 1 N–H and O–H groups in total. The number of aliphatic carboxylic acids is 1. The van der Waals surface area contributed by atoms with Gasteiger partial charge in [-0.1, -0.05) is 36.4 Å². The second kappa shape index (κ2) is 7.16. The van der Waals surface area contributed by atoms with E-state index in [1.807, 2.05) is 36.4 Å². The lowest BCUT2D eigenvalue weighted by Crippen LogP contribution is -2.09. The number of carboxylic acids is 1. The summed E-state index contributed by atoms with van der Waals surface area (Å²) < 4.78 is 4.57. The zero-order valence-electron chi connectivity index (χ0n) is 10.9. The van der Waals surface area contributed by atoms with Crippen molar-refractivity contribution in [3.05, 3.63) is 53.1 Å². The molecule has 4 nitrogen and oxygen atoms in total. The highest BCUT2D eigenvalue weighted by Crippen LogP contribution is 2.12. The van der Waals surface area contributed by atoms with Crippen LogP contribution in [0.1, 0.15) is 18.9 Å². The highest BCUT2D eigenvalue weighted by molar-refractivity contribution is 5.94. The minimum absolute atomic E-state index is 0.125. The topological polar surface area (TPSA) is 63.6 Å². The maximum absolute atomic E-state index is 11.5. The van der Waals surface area contributed by atoms with E-state index in [1.54, 1.807) is 6.92 Å². The van der Waals surface area contributed by atoms with Crippen LogP contribution in [0.4, 0.5) is 0 Å². The lowest BCUT2D eigenvalue weighted by atomic mass is 10.1. The third kappa shape index (κ3) is 5.21. The van der Waals surface area contributed by atoms with Gasteiger partial charge in [0, 0.05) is 5.57 Å². The van der Waals surface area contributed by atoms with Gasteiger partial charge in [-0.25, -0.2) is 4.79 Å². The molecule has 0 atom stereocenters. The van der Waals surface area contributed by atoms with Gasteiger partial charge in [0.1, 0.15) is 0 Å². The third-order valence-electron chi connectivity index (χ3n) is 2.39. The van der Waals surface area contributed by atoms with Crippen LogP contribution in [0.3, 0.4) is 0 Å². The maximum Gasteiger partial charge on any atom is 0.334 e. The Labute approximate surface area is 112 Å². The predicted molar refractivity (Wildman–Crippen MR) is 72.4 cm³/mol. The van der Waals surface area contributed by atoms with Gasteiger partial charge in [-0.3, -0.25) is 4.79 Å². The minimum atomic E-state index is -1.07. The normalized spacial score (nSPS) is 12.1. The summed E-state index contributed by atoms with van der Waals surface area (Å²) in [6.07, 6.45) is 3.05. The van der Waals surface area contributed by atoms with E-state index in [0.29, 0.717) is 0 Å². The largest absolute Gasteiger partial charge is 0.481 e. The van der Waals surface area contributed by atoms with E-state index < -0.39 is 11.9 Å². The second-order valence-corrected chi connectivity index (χ2v) is 4.03. The Morgan fingerprint density at radius 2 is 1.89 bits per heavy atom. The molecule has 1 rings (SSSR count). The average Bonchev–Trinajstić information content (AvgIpc) is 2.37. The summed E-state index contributed by atoms with van der Waals surface area (Å²) in [5.74, 6) is -1.69. The summed E-state index contributed by atoms with van der Waals surface area (Å²) in [5.41, 5.74) is 1.89. The molecule has 19 heavy (non-hydrogen) atoms. The van der Waals surface area contributed by atoms with Gasteiger partial charge in [-0.2, -0.15) is 0 Å². The number of ether oxygens (including phenoxy) is 1. The van der Waals surface area contributed by atoms with Crippen molar-refractivity contribution in [3.8, 4) is 0 Å². The van der Waals surface area contributed by atoms with Crippen LogP contribution in [0.15, 0.2) is 47.6 Å². The van der Waals surface area contributed by atoms with E-state index in [2.05, 4.69) is 4.74 Å². The molecule has 100 valence electrons. The number of carbonyl (C=O) groups excluding carboxylic acids is 1. The minimum Gasteiger partial charge on any atom is -0.481 e. The molecule has 0 saturated heterocycles. The fourth-order valence-corrected chi connectivity index (χ4v) is 1.60. The molecule has 0 aromatic heterocycles. The summed E-state index contributed by atoms with van der Waals surface area (Å²) >= 11 is 0. The first-order valence-electron chi connectivity index (χ1n) is 5.77. The van der Waals surface area contributed by atoms with Crippen LogP contribution < -0.4 is 0 Å². The molecule has 0 spiro atoms. The number of allylic oxidation sites excluding steroid dienone is 2. The fraction of sp³-hybridized carbons (Fsp3) is 0.200. The van der Waals surface area contributed by atoms with E-state index in [0.717, 1.165) is 11.1 Å². The van der Waals surface area contributed by atoms with E-state index in [-0.39, 0.29) is 12.0 Å². The summed E-state index contributed by atoms with van der Waals surface area (Å²) in [6.45, 7) is 1.80. The van der Waals surface area contributed by atoms with Crippen molar-refractivity contribution >= 4 is 18.0 Å². The van der Waals surface area contributed by atoms with Crippen molar-refractivity contribution in [1.29, 1.82) is 0 Å². The number of carboxylic acid groups (broad SMARTS) is 1. The van der Waals surface area contributed by atoms with Crippen LogP contribution in [0.2, 0.25) is 0 Å². The number of hydrogen-bond acceptors (Lipinski definition) is 3. The van der Waals surface area contributed by atoms with Crippen molar-refractivity contribution in [2.24, 2.45) is 0 Å². The van der Waals surface area contributed by atoms with Gasteiger partial charge in [-0.05, 0) is 24.1 Å². The molecule has 0 bridgehead atoms. The van der Waals surface area contributed by atoms with E-state index in [9.17, 15) is 9.59 Å². The van der Waals surface area contributed by atoms with Crippen LogP contribution in [-0.2, 0) is 14.3 Å². The molecule has 0 unspecified atom stereocenters. The van der Waals surface area contributed by atoms with Gasteiger partial charge in [0.15, 0.2) is 0 Å². The average molecular weight is 260 g/mol. The SMILES string of the molecule is COC(=O)/C(=C/C(C)=C/c1ccccc1)CC(=O)O. The van der Waals surface area contributed by atoms with Crippen molar-refractivity contribution in [1.82, 2.24) is 0 Å². The first-order chi connectivity index (χ1) is 9.02. The molecule has 4 heteroatoms. The summed E-state index contributed by atoms with van der Waals surface area (Å²) in [4.78, 5) is 22.2. The molecular weight excluding hydrogens is 244 g/mol. The molecule has 0 amide bonds. The number of rotatable bonds is 5. The first-order valence-corrected chi connectivity index (χ1v) is 5.77. The second-order valence-electron chi connectivity index (χ2n) is 4.03. The number of benzene rings is 1.